The molecule has 0 saturated heterocycles. The van der Waals surface area contributed by atoms with Crippen LogP contribution in [0.4, 0.5) is 5.69 Å². The van der Waals surface area contributed by atoms with Gasteiger partial charge in [-0.3, -0.25) is 13.9 Å². The fourth-order valence-electron chi connectivity index (χ4n) is 4.50. The molecule has 0 fully saturated rings. The summed E-state index contributed by atoms with van der Waals surface area (Å²) in [6, 6.07) is 19.8. The summed E-state index contributed by atoms with van der Waals surface area (Å²) in [4.78, 5) is 28.9. The summed E-state index contributed by atoms with van der Waals surface area (Å²) >= 11 is 6.45. The van der Waals surface area contributed by atoms with E-state index >= 15 is 0 Å². The average molecular weight is 584 g/mol. The van der Waals surface area contributed by atoms with E-state index in [4.69, 9.17) is 11.6 Å². The lowest BCUT2D eigenvalue weighted by Crippen LogP contribution is -2.52. The summed E-state index contributed by atoms with van der Waals surface area (Å²) in [5.74, 6) is -0.573. The predicted molar refractivity (Wildman–Crippen MR) is 161 cm³/mol. The summed E-state index contributed by atoms with van der Waals surface area (Å²) in [6.07, 6.45) is 0.342. The van der Waals surface area contributed by atoms with Gasteiger partial charge in [0.15, 0.2) is 0 Å². The summed E-state index contributed by atoms with van der Waals surface area (Å²) in [7, 11) is -4.11. The number of nitrogens with zero attached hydrogens (tertiary/aromatic N) is 2. The standard InChI is InChI=1S/C31H38ClN3O4S/c1-6-29(31(37)33-19-22(2)3)34(20-25-12-10-11-15-28(25)32)30(36)21-35(26-17-23(4)16-24(5)18-26)40(38,39)27-13-8-7-9-14-27/h7-18,22,29H,6,19-21H2,1-5H3,(H,33,37)/t29-/m0/s1. The average Bonchev–Trinajstić information content (AvgIpc) is 2.91. The molecule has 0 unspecified atom stereocenters. The van der Waals surface area contributed by atoms with Crippen molar-refractivity contribution < 1.29 is 18.0 Å². The highest BCUT2D eigenvalue weighted by atomic mass is 35.5. The van der Waals surface area contributed by atoms with Gasteiger partial charge in [-0.2, -0.15) is 0 Å². The Labute approximate surface area is 243 Å². The fourth-order valence-corrected chi connectivity index (χ4v) is 6.11. The molecule has 0 aliphatic rings. The van der Waals surface area contributed by atoms with Crippen LogP contribution in [0.15, 0.2) is 77.7 Å². The van der Waals surface area contributed by atoms with E-state index in [1.807, 2.05) is 46.8 Å². The Morgan fingerprint density at radius 2 is 1.52 bits per heavy atom. The number of sulfonamides is 1. The number of benzene rings is 3. The molecule has 0 aromatic heterocycles. The SMILES string of the molecule is CC[C@@H](C(=O)NCC(C)C)N(Cc1ccccc1Cl)C(=O)CN(c1cc(C)cc(C)c1)S(=O)(=O)c1ccccc1. The molecule has 0 saturated carbocycles. The molecule has 0 bridgehead atoms. The zero-order chi connectivity index (χ0) is 29.4. The molecule has 2 amide bonds. The summed E-state index contributed by atoms with van der Waals surface area (Å²) < 4.78 is 29.0. The van der Waals surface area contributed by atoms with Gasteiger partial charge < -0.3 is 10.2 Å². The van der Waals surface area contributed by atoms with Crippen LogP contribution in [0.1, 0.15) is 43.9 Å². The lowest BCUT2D eigenvalue weighted by Gasteiger charge is -2.33. The maximum absolute atomic E-state index is 14.1. The lowest BCUT2D eigenvalue weighted by atomic mass is 10.1. The van der Waals surface area contributed by atoms with Gasteiger partial charge in [0, 0.05) is 18.1 Å². The summed E-state index contributed by atoms with van der Waals surface area (Å²) in [5, 5.41) is 3.39. The van der Waals surface area contributed by atoms with Crippen LogP contribution in [0.2, 0.25) is 5.02 Å². The van der Waals surface area contributed by atoms with E-state index in [-0.39, 0.29) is 23.3 Å². The van der Waals surface area contributed by atoms with Crippen molar-refractivity contribution in [3.8, 4) is 0 Å². The number of hydrogen-bond acceptors (Lipinski definition) is 4. The molecule has 0 radical (unpaired) electrons. The molecule has 3 aromatic carbocycles. The second-order valence-corrected chi connectivity index (χ2v) is 12.6. The Kier molecular flexibility index (Phi) is 10.8. The zero-order valence-corrected chi connectivity index (χ0v) is 25.3. The molecule has 40 heavy (non-hydrogen) atoms. The Morgan fingerprint density at radius 1 is 0.925 bits per heavy atom. The van der Waals surface area contributed by atoms with E-state index in [0.717, 1.165) is 15.4 Å². The number of nitrogens with one attached hydrogen (secondary N) is 1. The highest BCUT2D eigenvalue weighted by Crippen LogP contribution is 2.27. The number of anilines is 1. The number of aryl methyl sites for hydroxylation is 2. The Bertz CT molecular complexity index is 1410. The van der Waals surface area contributed by atoms with Crippen molar-refractivity contribution in [2.75, 3.05) is 17.4 Å². The molecule has 1 atom stereocenters. The number of carbonyl (C=O) groups excluding carboxylic acids is 2. The minimum Gasteiger partial charge on any atom is -0.354 e. The van der Waals surface area contributed by atoms with Crippen LogP contribution in [0.5, 0.6) is 0 Å². The Morgan fingerprint density at radius 3 is 2.10 bits per heavy atom. The van der Waals surface area contributed by atoms with Gasteiger partial charge >= 0.3 is 0 Å². The van der Waals surface area contributed by atoms with Crippen molar-refractivity contribution in [3.63, 3.8) is 0 Å². The first-order valence-electron chi connectivity index (χ1n) is 13.4. The van der Waals surface area contributed by atoms with E-state index in [9.17, 15) is 18.0 Å². The van der Waals surface area contributed by atoms with Crippen molar-refractivity contribution in [2.24, 2.45) is 5.92 Å². The highest BCUT2D eigenvalue weighted by Gasteiger charge is 2.34. The van der Waals surface area contributed by atoms with Crippen molar-refractivity contribution in [3.05, 3.63) is 94.5 Å². The minimum absolute atomic E-state index is 0.0538. The number of amides is 2. The first kappa shape index (κ1) is 31.2. The van der Waals surface area contributed by atoms with Gasteiger partial charge in [0.1, 0.15) is 12.6 Å². The number of halogens is 1. The predicted octanol–water partition coefficient (Wildman–Crippen LogP) is 5.73. The van der Waals surface area contributed by atoms with Gasteiger partial charge in [-0.25, -0.2) is 8.42 Å². The van der Waals surface area contributed by atoms with Crippen LogP contribution in [0.3, 0.4) is 0 Å². The zero-order valence-electron chi connectivity index (χ0n) is 23.7. The third kappa shape index (κ3) is 7.86. The van der Waals surface area contributed by atoms with Crippen LogP contribution < -0.4 is 9.62 Å². The number of rotatable bonds is 12. The second-order valence-electron chi connectivity index (χ2n) is 10.3. The van der Waals surface area contributed by atoms with Gasteiger partial charge in [-0.05, 0) is 73.2 Å². The molecule has 3 rings (SSSR count). The van der Waals surface area contributed by atoms with Crippen molar-refractivity contribution in [2.45, 2.75) is 58.5 Å². The largest absolute Gasteiger partial charge is 0.354 e. The smallest absolute Gasteiger partial charge is 0.264 e. The summed E-state index contributed by atoms with van der Waals surface area (Å²) in [6.45, 7) is 9.59. The highest BCUT2D eigenvalue weighted by molar-refractivity contribution is 7.92. The molecule has 1 N–H and O–H groups in total. The monoisotopic (exact) mass is 583 g/mol. The van der Waals surface area contributed by atoms with Crippen LogP contribution in [0.25, 0.3) is 0 Å². The van der Waals surface area contributed by atoms with Crippen LogP contribution in [-0.2, 0) is 26.2 Å². The molecular weight excluding hydrogens is 546 g/mol. The lowest BCUT2D eigenvalue weighted by molar-refractivity contribution is -0.140. The van der Waals surface area contributed by atoms with Gasteiger partial charge in [0.25, 0.3) is 10.0 Å². The van der Waals surface area contributed by atoms with Gasteiger partial charge in [-0.15, -0.1) is 0 Å². The maximum atomic E-state index is 14.1. The van der Waals surface area contributed by atoms with Crippen LogP contribution >= 0.6 is 11.6 Å². The first-order valence-corrected chi connectivity index (χ1v) is 15.2. The second kappa shape index (κ2) is 13.8. The van der Waals surface area contributed by atoms with Crippen molar-refractivity contribution >= 4 is 39.1 Å². The van der Waals surface area contributed by atoms with Crippen LogP contribution in [0, 0.1) is 19.8 Å². The van der Waals surface area contributed by atoms with E-state index < -0.39 is 28.5 Å². The molecule has 0 aliphatic carbocycles. The van der Waals surface area contributed by atoms with E-state index in [1.165, 1.54) is 17.0 Å². The molecule has 0 spiro atoms. The topological polar surface area (TPSA) is 86.8 Å². The molecule has 0 heterocycles. The molecular formula is C31H38ClN3O4S. The molecule has 214 valence electrons. The quantitative estimate of drug-likeness (QED) is 0.295. The van der Waals surface area contributed by atoms with E-state index in [0.29, 0.717) is 29.2 Å². The Balaban J connectivity index is 2.08. The normalized spacial score (nSPS) is 12.2. The fraction of sp³-hybridized carbons (Fsp3) is 0.355. The molecule has 3 aromatic rings. The maximum Gasteiger partial charge on any atom is 0.264 e. The third-order valence-electron chi connectivity index (χ3n) is 6.47. The van der Waals surface area contributed by atoms with Crippen molar-refractivity contribution in [1.82, 2.24) is 10.2 Å². The van der Waals surface area contributed by atoms with Gasteiger partial charge in [0.05, 0.1) is 10.6 Å². The van der Waals surface area contributed by atoms with E-state index in [1.54, 1.807) is 48.5 Å². The van der Waals surface area contributed by atoms with Crippen LogP contribution in [-0.4, -0.2) is 44.3 Å². The van der Waals surface area contributed by atoms with Gasteiger partial charge in [0.2, 0.25) is 11.8 Å². The van der Waals surface area contributed by atoms with Crippen molar-refractivity contribution in [1.29, 1.82) is 0 Å². The van der Waals surface area contributed by atoms with Gasteiger partial charge in [-0.1, -0.05) is 74.8 Å². The Hall–Kier alpha value is -3.36. The molecule has 9 heteroatoms. The third-order valence-corrected chi connectivity index (χ3v) is 8.63. The minimum atomic E-state index is -4.11. The number of hydrogen-bond donors (Lipinski definition) is 1. The number of carbonyl (C=O) groups is 2. The summed E-state index contributed by atoms with van der Waals surface area (Å²) in [5.41, 5.74) is 2.77. The van der Waals surface area contributed by atoms with E-state index in [2.05, 4.69) is 5.32 Å². The molecule has 7 nitrogen and oxygen atoms in total. The molecule has 0 aliphatic heterocycles. The first-order chi connectivity index (χ1) is 18.9.